The summed E-state index contributed by atoms with van der Waals surface area (Å²) in [5.41, 5.74) is 0.925. The molecule has 0 radical (unpaired) electrons. The number of hydrogen-bond acceptors (Lipinski definition) is 8. The Kier molecular flexibility index (Phi) is 6.10. The number of anilines is 1. The molecule has 4 aromatic rings. The highest BCUT2D eigenvalue weighted by Crippen LogP contribution is 2.29. The number of aryl methyl sites for hydroxylation is 2. The Balaban J connectivity index is 1.60. The standard InChI is InChI=1S/C21H18N4O5S2/c1-12-13(2)32-19-18(12)20(27)24(10-16-7-4-8-30-16)21(23-19)31-11-17(26)22-14-5-3-6-15(9-14)25(28)29/h3-9H,10-11H2,1-2H3,(H,22,26). The van der Waals surface area contributed by atoms with Gasteiger partial charge in [-0.1, -0.05) is 17.8 Å². The normalized spacial score (nSPS) is 11.1. The van der Waals surface area contributed by atoms with Crippen molar-refractivity contribution in [3.05, 3.63) is 79.3 Å². The van der Waals surface area contributed by atoms with Crippen LogP contribution in [-0.4, -0.2) is 26.1 Å². The average molecular weight is 471 g/mol. The van der Waals surface area contributed by atoms with Crippen molar-refractivity contribution in [1.82, 2.24) is 9.55 Å². The second-order valence-electron chi connectivity index (χ2n) is 6.97. The molecule has 11 heteroatoms. The van der Waals surface area contributed by atoms with Crippen molar-refractivity contribution >= 4 is 50.6 Å². The summed E-state index contributed by atoms with van der Waals surface area (Å²) < 4.78 is 6.91. The highest BCUT2D eigenvalue weighted by atomic mass is 32.2. The monoisotopic (exact) mass is 470 g/mol. The first-order chi connectivity index (χ1) is 15.3. The van der Waals surface area contributed by atoms with Crippen molar-refractivity contribution in [3.8, 4) is 0 Å². The second-order valence-corrected chi connectivity index (χ2v) is 9.12. The van der Waals surface area contributed by atoms with Crippen LogP contribution in [0.25, 0.3) is 10.2 Å². The minimum atomic E-state index is -0.526. The highest BCUT2D eigenvalue weighted by Gasteiger charge is 2.19. The van der Waals surface area contributed by atoms with Gasteiger partial charge in [0, 0.05) is 22.7 Å². The minimum Gasteiger partial charge on any atom is -0.467 e. The first kappa shape index (κ1) is 21.8. The molecular weight excluding hydrogens is 452 g/mol. The Bertz CT molecular complexity index is 1380. The molecular formula is C21H18N4O5S2. The number of fused-ring (bicyclic) bond motifs is 1. The molecule has 1 amide bonds. The van der Waals surface area contributed by atoms with Gasteiger partial charge in [0.2, 0.25) is 5.91 Å². The van der Waals surface area contributed by atoms with Gasteiger partial charge in [0.05, 0.1) is 28.9 Å². The number of thiophene rings is 1. The molecule has 3 heterocycles. The summed E-state index contributed by atoms with van der Waals surface area (Å²) in [5, 5.41) is 14.5. The third-order valence-electron chi connectivity index (χ3n) is 4.82. The number of non-ortho nitro benzene ring substituents is 1. The van der Waals surface area contributed by atoms with Crippen LogP contribution in [0.4, 0.5) is 11.4 Å². The largest absolute Gasteiger partial charge is 0.467 e. The number of nitrogens with one attached hydrogen (secondary N) is 1. The number of carbonyl (C=O) groups is 1. The number of hydrogen-bond donors (Lipinski definition) is 1. The number of nitro benzene ring substituents is 1. The summed E-state index contributed by atoms with van der Waals surface area (Å²) in [5.74, 6) is 0.205. The number of thioether (sulfide) groups is 1. The zero-order valence-electron chi connectivity index (χ0n) is 17.2. The summed E-state index contributed by atoms with van der Waals surface area (Å²) in [7, 11) is 0. The molecule has 3 aromatic heterocycles. The van der Waals surface area contributed by atoms with Crippen LogP contribution in [0.3, 0.4) is 0 Å². The fourth-order valence-electron chi connectivity index (χ4n) is 3.14. The van der Waals surface area contributed by atoms with E-state index >= 15 is 0 Å². The molecule has 32 heavy (non-hydrogen) atoms. The second kappa shape index (κ2) is 8.97. The number of amides is 1. The van der Waals surface area contributed by atoms with E-state index in [0.29, 0.717) is 26.8 Å². The van der Waals surface area contributed by atoms with Crippen LogP contribution in [0.15, 0.2) is 57.0 Å². The molecule has 0 saturated heterocycles. The molecule has 1 N–H and O–H groups in total. The summed E-state index contributed by atoms with van der Waals surface area (Å²) in [6.07, 6.45) is 1.53. The van der Waals surface area contributed by atoms with Crippen LogP contribution in [0, 0.1) is 24.0 Å². The first-order valence-electron chi connectivity index (χ1n) is 9.53. The summed E-state index contributed by atoms with van der Waals surface area (Å²) in [4.78, 5) is 42.4. The lowest BCUT2D eigenvalue weighted by molar-refractivity contribution is -0.384. The van der Waals surface area contributed by atoms with Crippen LogP contribution in [-0.2, 0) is 11.3 Å². The van der Waals surface area contributed by atoms with E-state index in [1.807, 2.05) is 13.8 Å². The van der Waals surface area contributed by atoms with Gasteiger partial charge in [0.25, 0.3) is 11.2 Å². The van der Waals surface area contributed by atoms with E-state index in [-0.39, 0.29) is 29.5 Å². The quantitative estimate of drug-likeness (QED) is 0.184. The molecule has 1 aromatic carbocycles. The van der Waals surface area contributed by atoms with Crippen LogP contribution in [0.2, 0.25) is 0 Å². The lowest BCUT2D eigenvalue weighted by Gasteiger charge is -2.11. The molecule has 0 unspecified atom stereocenters. The molecule has 0 bridgehead atoms. The number of furan rings is 1. The van der Waals surface area contributed by atoms with Crippen molar-refractivity contribution in [2.45, 2.75) is 25.5 Å². The Hall–Kier alpha value is -3.44. The van der Waals surface area contributed by atoms with Crippen LogP contribution >= 0.6 is 23.1 Å². The van der Waals surface area contributed by atoms with Crippen LogP contribution in [0.1, 0.15) is 16.2 Å². The predicted molar refractivity (Wildman–Crippen MR) is 124 cm³/mol. The Morgan fingerprint density at radius 2 is 2.12 bits per heavy atom. The number of nitro groups is 1. The van der Waals surface area contributed by atoms with Gasteiger partial charge in [-0.05, 0) is 37.6 Å². The lowest BCUT2D eigenvalue weighted by Crippen LogP contribution is -2.24. The van der Waals surface area contributed by atoms with E-state index in [1.54, 1.807) is 18.2 Å². The van der Waals surface area contributed by atoms with Crippen LogP contribution in [0.5, 0.6) is 0 Å². The molecule has 0 spiro atoms. The molecule has 0 aliphatic heterocycles. The molecule has 4 rings (SSSR count). The number of nitrogens with zero attached hydrogens (tertiary/aromatic N) is 3. The van der Waals surface area contributed by atoms with Crippen molar-refractivity contribution in [2.75, 3.05) is 11.1 Å². The fourth-order valence-corrected chi connectivity index (χ4v) is 5.01. The topological polar surface area (TPSA) is 120 Å². The van der Waals surface area contributed by atoms with Crippen molar-refractivity contribution in [1.29, 1.82) is 0 Å². The smallest absolute Gasteiger partial charge is 0.271 e. The summed E-state index contributed by atoms with van der Waals surface area (Å²) >= 11 is 2.56. The Morgan fingerprint density at radius 3 is 2.84 bits per heavy atom. The van der Waals surface area contributed by atoms with Gasteiger partial charge in [-0.3, -0.25) is 24.3 Å². The van der Waals surface area contributed by atoms with Gasteiger partial charge in [0.15, 0.2) is 5.16 Å². The van der Waals surface area contributed by atoms with E-state index in [1.165, 1.54) is 40.4 Å². The third kappa shape index (κ3) is 4.43. The van der Waals surface area contributed by atoms with Gasteiger partial charge >= 0.3 is 0 Å². The maximum Gasteiger partial charge on any atom is 0.271 e. The van der Waals surface area contributed by atoms with E-state index in [2.05, 4.69) is 10.3 Å². The fraction of sp³-hybridized carbons (Fsp3) is 0.190. The van der Waals surface area contributed by atoms with Gasteiger partial charge in [-0.25, -0.2) is 4.98 Å². The SMILES string of the molecule is Cc1sc2nc(SCC(=O)Nc3cccc([N+](=O)[O-])c3)n(Cc3ccco3)c(=O)c2c1C. The zero-order chi connectivity index (χ0) is 22.8. The Labute approximate surface area is 190 Å². The third-order valence-corrected chi connectivity index (χ3v) is 6.90. The zero-order valence-corrected chi connectivity index (χ0v) is 18.8. The molecule has 0 fully saturated rings. The molecule has 0 atom stereocenters. The summed E-state index contributed by atoms with van der Waals surface area (Å²) in [6, 6.07) is 9.22. The predicted octanol–water partition coefficient (Wildman–Crippen LogP) is 4.36. The number of aromatic nitrogens is 2. The number of rotatable bonds is 7. The molecule has 0 aliphatic rings. The average Bonchev–Trinajstić information content (AvgIpc) is 3.37. The molecule has 0 saturated carbocycles. The molecule has 164 valence electrons. The Morgan fingerprint density at radius 1 is 1.31 bits per heavy atom. The van der Waals surface area contributed by atoms with Crippen molar-refractivity contribution < 1.29 is 14.1 Å². The first-order valence-corrected chi connectivity index (χ1v) is 11.3. The van der Waals surface area contributed by atoms with E-state index < -0.39 is 4.92 Å². The van der Waals surface area contributed by atoms with Crippen molar-refractivity contribution in [3.63, 3.8) is 0 Å². The highest BCUT2D eigenvalue weighted by molar-refractivity contribution is 7.99. The minimum absolute atomic E-state index is 0.0257. The van der Waals surface area contributed by atoms with Crippen LogP contribution < -0.4 is 10.9 Å². The van der Waals surface area contributed by atoms with Gasteiger partial charge < -0.3 is 9.73 Å². The maximum absolute atomic E-state index is 13.3. The number of benzene rings is 1. The molecule has 0 aliphatic carbocycles. The van der Waals surface area contributed by atoms with E-state index in [0.717, 1.165) is 22.2 Å². The maximum atomic E-state index is 13.3. The van der Waals surface area contributed by atoms with E-state index in [4.69, 9.17) is 4.42 Å². The van der Waals surface area contributed by atoms with Crippen molar-refractivity contribution in [2.24, 2.45) is 0 Å². The van der Waals surface area contributed by atoms with E-state index in [9.17, 15) is 19.7 Å². The van der Waals surface area contributed by atoms with Gasteiger partial charge in [-0.15, -0.1) is 11.3 Å². The number of carbonyl (C=O) groups excluding carboxylic acids is 1. The van der Waals surface area contributed by atoms with Gasteiger partial charge in [-0.2, -0.15) is 0 Å². The van der Waals surface area contributed by atoms with Gasteiger partial charge in [0.1, 0.15) is 10.6 Å². The lowest BCUT2D eigenvalue weighted by atomic mass is 10.2. The summed E-state index contributed by atoms with van der Waals surface area (Å²) in [6.45, 7) is 4.03. The molecule has 9 nitrogen and oxygen atoms in total.